The maximum Gasteiger partial charge on any atom is 0.310 e. The van der Waals surface area contributed by atoms with Gasteiger partial charge in [0.15, 0.2) is 0 Å². The highest BCUT2D eigenvalue weighted by Crippen LogP contribution is 2.27. The Labute approximate surface area is 122 Å². The Morgan fingerprint density at radius 1 is 1.40 bits per heavy atom. The molecule has 2 aromatic rings. The van der Waals surface area contributed by atoms with Gasteiger partial charge in [-0.05, 0) is 25.5 Å². The molecule has 2 rings (SSSR count). The van der Waals surface area contributed by atoms with Crippen LogP contribution in [0.3, 0.4) is 0 Å². The molecule has 0 saturated heterocycles. The van der Waals surface area contributed by atoms with Gasteiger partial charge in [-0.25, -0.2) is 4.98 Å². The van der Waals surface area contributed by atoms with Crippen LogP contribution in [0, 0.1) is 13.8 Å². The maximum atomic E-state index is 10.7. The minimum atomic E-state index is -0.849. The van der Waals surface area contributed by atoms with Gasteiger partial charge in [0.2, 0.25) is 0 Å². The minimum absolute atomic E-state index is 0.0174. The predicted molar refractivity (Wildman–Crippen MR) is 78.7 cm³/mol. The summed E-state index contributed by atoms with van der Waals surface area (Å²) < 4.78 is 5.37. The molecule has 0 unspecified atom stereocenters. The van der Waals surface area contributed by atoms with E-state index in [-0.39, 0.29) is 6.42 Å². The summed E-state index contributed by atoms with van der Waals surface area (Å²) >= 11 is 1.46. The number of methoxy groups -OCH3 is 1. The Morgan fingerprint density at radius 2 is 2.15 bits per heavy atom. The van der Waals surface area contributed by atoms with E-state index in [4.69, 9.17) is 9.84 Å². The predicted octanol–water partition coefficient (Wildman–Crippen LogP) is 2.99. The van der Waals surface area contributed by atoms with E-state index in [0.717, 1.165) is 21.9 Å². The number of rotatable bonds is 5. The summed E-state index contributed by atoms with van der Waals surface area (Å²) in [7, 11) is 1.66. The van der Waals surface area contributed by atoms with Crippen molar-refractivity contribution in [3.05, 3.63) is 44.9 Å². The first-order chi connectivity index (χ1) is 9.49. The lowest BCUT2D eigenvalue weighted by Gasteiger charge is -2.08. The fraction of sp³-hybridized carbons (Fsp3) is 0.333. The van der Waals surface area contributed by atoms with Gasteiger partial charge in [-0.1, -0.05) is 17.7 Å². The molecule has 0 aliphatic carbocycles. The van der Waals surface area contributed by atoms with Crippen LogP contribution in [0.5, 0.6) is 5.75 Å². The van der Waals surface area contributed by atoms with Crippen molar-refractivity contribution >= 4 is 17.3 Å². The Kier molecular flexibility index (Phi) is 4.39. The zero-order valence-electron chi connectivity index (χ0n) is 11.8. The number of aromatic nitrogens is 1. The summed E-state index contributed by atoms with van der Waals surface area (Å²) in [5, 5.41) is 9.47. The fourth-order valence-corrected chi connectivity index (χ4v) is 3.16. The standard InChI is InChI=1S/C15H17NO3S/c1-9-4-5-12(19-3)11(6-9)7-13-10(2)16-14(20-13)8-15(17)18/h4-6H,7-8H2,1-3H3,(H,17,18). The van der Waals surface area contributed by atoms with Crippen LogP contribution in [0.15, 0.2) is 18.2 Å². The van der Waals surface area contributed by atoms with E-state index >= 15 is 0 Å². The van der Waals surface area contributed by atoms with Crippen molar-refractivity contribution < 1.29 is 14.6 Å². The van der Waals surface area contributed by atoms with Crippen molar-refractivity contribution in [1.82, 2.24) is 4.98 Å². The molecule has 1 N–H and O–H groups in total. The maximum absolute atomic E-state index is 10.7. The highest BCUT2D eigenvalue weighted by atomic mass is 32.1. The van der Waals surface area contributed by atoms with Crippen LogP contribution >= 0.6 is 11.3 Å². The quantitative estimate of drug-likeness (QED) is 0.920. The van der Waals surface area contributed by atoms with Crippen molar-refractivity contribution in [2.45, 2.75) is 26.7 Å². The van der Waals surface area contributed by atoms with Gasteiger partial charge < -0.3 is 9.84 Å². The van der Waals surface area contributed by atoms with Crippen LogP contribution in [0.2, 0.25) is 0 Å². The molecule has 0 radical (unpaired) electrons. The fourth-order valence-electron chi connectivity index (χ4n) is 2.08. The van der Waals surface area contributed by atoms with E-state index in [1.165, 1.54) is 16.9 Å². The molecule has 0 aliphatic rings. The molecule has 0 bridgehead atoms. The molecule has 106 valence electrons. The van der Waals surface area contributed by atoms with Crippen molar-refractivity contribution in [3.8, 4) is 5.75 Å². The number of carboxylic acids is 1. The van der Waals surface area contributed by atoms with Crippen LogP contribution in [0.4, 0.5) is 0 Å². The zero-order chi connectivity index (χ0) is 14.7. The summed E-state index contributed by atoms with van der Waals surface area (Å²) in [4.78, 5) is 16.1. The van der Waals surface area contributed by atoms with Gasteiger partial charge in [-0.15, -0.1) is 11.3 Å². The average molecular weight is 291 g/mol. The summed E-state index contributed by atoms with van der Waals surface area (Å²) in [6.45, 7) is 3.96. The Bertz CT molecular complexity index is 634. The van der Waals surface area contributed by atoms with Crippen LogP contribution in [-0.4, -0.2) is 23.2 Å². The number of hydrogen-bond acceptors (Lipinski definition) is 4. The number of aryl methyl sites for hydroxylation is 2. The normalized spacial score (nSPS) is 10.6. The lowest BCUT2D eigenvalue weighted by molar-refractivity contribution is -0.136. The molecule has 0 atom stereocenters. The number of nitrogens with zero attached hydrogens (tertiary/aromatic N) is 1. The number of aliphatic carboxylic acids is 1. The van der Waals surface area contributed by atoms with Crippen LogP contribution in [-0.2, 0) is 17.6 Å². The third-order valence-electron chi connectivity index (χ3n) is 3.03. The number of carboxylic acid groups (broad SMARTS) is 1. The molecular weight excluding hydrogens is 274 g/mol. The molecule has 0 amide bonds. The van der Waals surface area contributed by atoms with Gasteiger partial charge in [0.25, 0.3) is 0 Å². The number of ether oxygens (including phenoxy) is 1. The molecule has 1 heterocycles. The first-order valence-corrected chi connectivity index (χ1v) is 7.11. The highest BCUT2D eigenvalue weighted by Gasteiger charge is 2.13. The second-order valence-corrected chi connectivity index (χ2v) is 5.85. The molecule has 0 fully saturated rings. The lowest BCUT2D eigenvalue weighted by atomic mass is 10.1. The Morgan fingerprint density at radius 3 is 2.80 bits per heavy atom. The number of hydrogen-bond donors (Lipinski definition) is 1. The lowest BCUT2D eigenvalue weighted by Crippen LogP contribution is -1.98. The molecular formula is C15H17NO3S. The van der Waals surface area contributed by atoms with E-state index in [1.54, 1.807) is 7.11 Å². The van der Waals surface area contributed by atoms with Gasteiger partial charge in [0.05, 0.1) is 19.2 Å². The van der Waals surface area contributed by atoms with Gasteiger partial charge in [-0.2, -0.15) is 0 Å². The van der Waals surface area contributed by atoms with E-state index in [1.807, 2.05) is 26.0 Å². The number of carbonyl (C=O) groups is 1. The largest absolute Gasteiger partial charge is 0.496 e. The molecule has 1 aromatic carbocycles. The first-order valence-electron chi connectivity index (χ1n) is 6.30. The second-order valence-electron chi connectivity index (χ2n) is 4.68. The van der Waals surface area contributed by atoms with Crippen molar-refractivity contribution in [1.29, 1.82) is 0 Å². The minimum Gasteiger partial charge on any atom is -0.496 e. The van der Waals surface area contributed by atoms with Crippen LogP contribution in [0.25, 0.3) is 0 Å². The number of thiazole rings is 1. The van der Waals surface area contributed by atoms with Gasteiger partial charge >= 0.3 is 5.97 Å². The van der Waals surface area contributed by atoms with E-state index in [2.05, 4.69) is 11.1 Å². The zero-order valence-corrected chi connectivity index (χ0v) is 12.6. The summed E-state index contributed by atoms with van der Waals surface area (Å²) in [5.74, 6) is 0.00150. The molecule has 1 aromatic heterocycles. The van der Waals surface area contributed by atoms with Crippen LogP contribution < -0.4 is 4.74 Å². The first kappa shape index (κ1) is 14.5. The molecule has 5 heteroatoms. The molecule has 0 aliphatic heterocycles. The molecule has 0 saturated carbocycles. The van der Waals surface area contributed by atoms with E-state index in [9.17, 15) is 4.79 Å². The molecule has 20 heavy (non-hydrogen) atoms. The van der Waals surface area contributed by atoms with Crippen LogP contribution in [0.1, 0.15) is 26.7 Å². The SMILES string of the molecule is COc1ccc(C)cc1Cc1sc(CC(=O)O)nc1C. The Balaban J connectivity index is 2.28. The third kappa shape index (κ3) is 3.36. The molecule has 0 spiro atoms. The van der Waals surface area contributed by atoms with Gasteiger partial charge in [-0.3, -0.25) is 4.79 Å². The third-order valence-corrected chi connectivity index (χ3v) is 4.18. The molecule has 4 nitrogen and oxygen atoms in total. The van der Waals surface area contributed by atoms with Gasteiger partial charge in [0.1, 0.15) is 10.8 Å². The van der Waals surface area contributed by atoms with Crippen molar-refractivity contribution in [2.24, 2.45) is 0 Å². The summed E-state index contributed by atoms with van der Waals surface area (Å²) in [6.07, 6.45) is 0.699. The smallest absolute Gasteiger partial charge is 0.310 e. The van der Waals surface area contributed by atoms with E-state index < -0.39 is 5.97 Å². The van der Waals surface area contributed by atoms with E-state index in [0.29, 0.717) is 11.4 Å². The topological polar surface area (TPSA) is 59.4 Å². The number of benzene rings is 1. The average Bonchev–Trinajstić information content (AvgIpc) is 2.69. The monoisotopic (exact) mass is 291 g/mol. The highest BCUT2D eigenvalue weighted by molar-refractivity contribution is 7.11. The van der Waals surface area contributed by atoms with Crippen molar-refractivity contribution in [2.75, 3.05) is 7.11 Å². The van der Waals surface area contributed by atoms with Crippen molar-refractivity contribution in [3.63, 3.8) is 0 Å². The van der Waals surface area contributed by atoms with Gasteiger partial charge in [0, 0.05) is 11.3 Å². The Hall–Kier alpha value is -1.88. The second kappa shape index (κ2) is 6.05. The summed E-state index contributed by atoms with van der Waals surface area (Å²) in [6, 6.07) is 6.06. The summed E-state index contributed by atoms with van der Waals surface area (Å²) in [5.41, 5.74) is 3.17.